The predicted molar refractivity (Wildman–Crippen MR) is 65.2 cm³/mol. The Bertz CT molecular complexity index is 353. The number of halogens is 1. The summed E-state index contributed by atoms with van der Waals surface area (Å²) in [7, 11) is 0. The number of hydrogen-bond acceptors (Lipinski definition) is 4. The first-order chi connectivity index (χ1) is 7.74. The van der Waals surface area contributed by atoms with Crippen molar-refractivity contribution in [1.82, 2.24) is 9.97 Å². The van der Waals surface area contributed by atoms with Gasteiger partial charge in [0.15, 0.2) is 0 Å². The molecule has 0 aromatic carbocycles. The van der Waals surface area contributed by atoms with Crippen molar-refractivity contribution in [1.29, 1.82) is 0 Å². The van der Waals surface area contributed by atoms with Gasteiger partial charge in [0.1, 0.15) is 12.1 Å². The van der Waals surface area contributed by atoms with Crippen LogP contribution < -0.4 is 5.32 Å². The Hall–Kier alpha value is -0.840. The molecule has 88 valence electrons. The van der Waals surface area contributed by atoms with Gasteiger partial charge < -0.3 is 5.32 Å². The average Bonchev–Trinajstić information content (AvgIpc) is 2.76. The molecule has 2 rings (SSSR count). The van der Waals surface area contributed by atoms with Gasteiger partial charge >= 0.3 is 0 Å². The van der Waals surface area contributed by atoms with Crippen LogP contribution in [0.2, 0.25) is 0 Å². The molecule has 1 aromatic rings. The van der Waals surface area contributed by atoms with Crippen LogP contribution in [0.15, 0.2) is 12.4 Å². The molecule has 0 atom stereocenters. The second-order valence-electron chi connectivity index (χ2n) is 4.17. The van der Waals surface area contributed by atoms with Gasteiger partial charge in [-0.3, -0.25) is 0 Å². The summed E-state index contributed by atoms with van der Waals surface area (Å²) in [6.07, 6.45) is 8.44. The number of aromatic nitrogens is 2. The van der Waals surface area contributed by atoms with Crippen molar-refractivity contribution >= 4 is 17.6 Å². The van der Waals surface area contributed by atoms with Gasteiger partial charge in [-0.25, -0.2) is 9.97 Å². The number of nitrogens with zero attached hydrogens (tertiary/aromatic N) is 2. The topological polar surface area (TPSA) is 37.8 Å². The summed E-state index contributed by atoms with van der Waals surface area (Å²) >= 11 is 1.90. The van der Waals surface area contributed by atoms with E-state index in [2.05, 4.69) is 21.5 Å². The van der Waals surface area contributed by atoms with Crippen molar-refractivity contribution in [3.05, 3.63) is 18.3 Å². The van der Waals surface area contributed by atoms with Crippen LogP contribution in [0.4, 0.5) is 10.2 Å². The molecule has 1 aliphatic carbocycles. The molecule has 5 heteroatoms. The molecule has 1 aromatic heterocycles. The molecule has 0 saturated heterocycles. The van der Waals surface area contributed by atoms with Gasteiger partial charge in [-0.2, -0.15) is 16.2 Å². The van der Waals surface area contributed by atoms with Crippen LogP contribution in [0, 0.1) is 5.95 Å². The highest BCUT2D eigenvalue weighted by atomic mass is 32.2. The first-order valence-electron chi connectivity index (χ1n) is 5.51. The molecular formula is C11H16FN3S. The van der Waals surface area contributed by atoms with E-state index in [1.807, 2.05) is 11.8 Å². The summed E-state index contributed by atoms with van der Waals surface area (Å²) in [6.45, 7) is 0.852. The summed E-state index contributed by atoms with van der Waals surface area (Å²) < 4.78 is 13.2. The van der Waals surface area contributed by atoms with Crippen LogP contribution >= 0.6 is 11.8 Å². The zero-order chi connectivity index (χ0) is 11.4. The van der Waals surface area contributed by atoms with Crippen molar-refractivity contribution < 1.29 is 4.39 Å². The Labute approximate surface area is 99.3 Å². The lowest BCUT2D eigenvalue weighted by molar-refractivity contribution is 0.579. The van der Waals surface area contributed by atoms with E-state index >= 15 is 0 Å². The number of rotatable bonds is 4. The highest BCUT2D eigenvalue weighted by Crippen LogP contribution is 2.40. The SMILES string of the molecule is CSC1(CNc2cc(F)ncn2)CCCC1. The molecule has 0 radical (unpaired) electrons. The molecule has 1 N–H and O–H groups in total. The van der Waals surface area contributed by atoms with E-state index in [4.69, 9.17) is 0 Å². The number of anilines is 1. The van der Waals surface area contributed by atoms with Gasteiger partial charge in [-0.1, -0.05) is 12.8 Å². The fourth-order valence-electron chi connectivity index (χ4n) is 2.15. The molecule has 0 spiro atoms. The summed E-state index contributed by atoms with van der Waals surface area (Å²) in [5.74, 6) is 0.0925. The van der Waals surface area contributed by atoms with Gasteiger partial charge in [0, 0.05) is 17.4 Å². The molecule has 0 bridgehead atoms. The minimum absolute atomic E-state index is 0.307. The monoisotopic (exact) mass is 241 g/mol. The lowest BCUT2D eigenvalue weighted by Crippen LogP contribution is -2.30. The quantitative estimate of drug-likeness (QED) is 0.822. The van der Waals surface area contributed by atoms with E-state index in [1.54, 1.807) is 0 Å². The maximum atomic E-state index is 12.8. The minimum Gasteiger partial charge on any atom is -0.368 e. The van der Waals surface area contributed by atoms with Crippen LogP contribution in [0.3, 0.4) is 0 Å². The predicted octanol–water partition coefficient (Wildman–Crippen LogP) is 2.70. The Morgan fingerprint density at radius 1 is 1.44 bits per heavy atom. The van der Waals surface area contributed by atoms with Crippen LogP contribution in [0.5, 0.6) is 0 Å². The molecule has 1 aliphatic rings. The van der Waals surface area contributed by atoms with Gasteiger partial charge in [0.25, 0.3) is 0 Å². The normalized spacial score (nSPS) is 18.6. The van der Waals surface area contributed by atoms with E-state index in [1.165, 1.54) is 38.1 Å². The zero-order valence-corrected chi connectivity index (χ0v) is 10.2. The Kier molecular flexibility index (Phi) is 3.63. The van der Waals surface area contributed by atoms with Crippen LogP contribution in [0.25, 0.3) is 0 Å². The van der Waals surface area contributed by atoms with Crippen LogP contribution in [-0.2, 0) is 0 Å². The smallest absolute Gasteiger partial charge is 0.217 e. The fourth-order valence-corrected chi connectivity index (χ4v) is 3.07. The molecule has 0 unspecified atom stereocenters. The van der Waals surface area contributed by atoms with Crippen molar-refractivity contribution in [2.45, 2.75) is 30.4 Å². The third-order valence-electron chi connectivity index (χ3n) is 3.17. The molecule has 1 heterocycles. The lowest BCUT2D eigenvalue weighted by atomic mass is 10.1. The number of hydrogen-bond donors (Lipinski definition) is 1. The van der Waals surface area contributed by atoms with Gasteiger partial charge in [-0.15, -0.1) is 0 Å². The molecule has 1 saturated carbocycles. The first-order valence-corrected chi connectivity index (χ1v) is 6.73. The Balaban J connectivity index is 1.95. The average molecular weight is 241 g/mol. The standard InChI is InChI=1S/C11H16FN3S/c1-16-11(4-2-3-5-11)7-13-10-6-9(12)14-8-15-10/h6,8H,2-5,7H2,1H3,(H,13,14,15). The largest absolute Gasteiger partial charge is 0.368 e. The molecule has 0 amide bonds. The fraction of sp³-hybridized carbons (Fsp3) is 0.636. The molecule has 3 nitrogen and oxygen atoms in total. The third-order valence-corrected chi connectivity index (χ3v) is 4.59. The second-order valence-corrected chi connectivity index (χ2v) is 5.45. The van der Waals surface area contributed by atoms with Crippen molar-refractivity contribution in [3.63, 3.8) is 0 Å². The summed E-state index contributed by atoms with van der Waals surface area (Å²) in [5, 5.41) is 3.21. The Morgan fingerprint density at radius 2 is 2.19 bits per heavy atom. The van der Waals surface area contributed by atoms with E-state index in [0.717, 1.165) is 6.54 Å². The molecule has 16 heavy (non-hydrogen) atoms. The third kappa shape index (κ3) is 2.64. The van der Waals surface area contributed by atoms with Crippen LogP contribution in [-0.4, -0.2) is 27.5 Å². The maximum absolute atomic E-state index is 12.8. The lowest BCUT2D eigenvalue weighted by Gasteiger charge is -2.27. The van der Waals surface area contributed by atoms with E-state index < -0.39 is 5.95 Å². The van der Waals surface area contributed by atoms with E-state index in [9.17, 15) is 4.39 Å². The zero-order valence-electron chi connectivity index (χ0n) is 9.37. The highest BCUT2D eigenvalue weighted by molar-refractivity contribution is 8.00. The van der Waals surface area contributed by atoms with Gasteiger partial charge in [0.05, 0.1) is 0 Å². The van der Waals surface area contributed by atoms with Gasteiger partial charge in [-0.05, 0) is 19.1 Å². The second kappa shape index (κ2) is 4.99. The minimum atomic E-state index is -0.484. The number of nitrogens with one attached hydrogen (secondary N) is 1. The molecule has 1 fully saturated rings. The Morgan fingerprint density at radius 3 is 2.81 bits per heavy atom. The molecular weight excluding hydrogens is 225 g/mol. The van der Waals surface area contributed by atoms with Crippen LogP contribution in [0.1, 0.15) is 25.7 Å². The highest BCUT2D eigenvalue weighted by Gasteiger charge is 2.32. The van der Waals surface area contributed by atoms with Crippen molar-refractivity contribution in [2.24, 2.45) is 0 Å². The van der Waals surface area contributed by atoms with E-state index in [0.29, 0.717) is 10.6 Å². The summed E-state index contributed by atoms with van der Waals surface area (Å²) in [4.78, 5) is 7.43. The number of thioether (sulfide) groups is 1. The first kappa shape index (κ1) is 11.6. The van der Waals surface area contributed by atoms with Crippen molar-refractivity contribution in [3.8, 4) is 0 Å². The summed E-state index contributed by atoms with van der Waals surface area (Å²) in [6, 6.07) is 1.34. The van der Waals surface area contributed by atoms with Crippen molar-refractivity contribution in [2.75, 3.05) is 18.1 Å². The van der Waals surface area contributed by atoms with E-state index in [-0.39, 0.29) is 0 Å². The molecule has 0 aliphatic heterocycles. The summed E-state index contributed by atoms with van der Waals surface area (Å²) in [5.41, 5.74) is 0. The maximum Gasteiger partial charge on any atom is 0.217 e. The van der Waals surface area contributed by atoms with Gasteiger partial charge in [0.2, 0.25) is 5.95 Å².